The molecule has 1 aromatic rings. The molecular weight excluding hydrogens is 203 g/mol. The maximum atomic E-state index is 10.7. The number of benzene rings is 1. The second-order valence-electron chi connectivity index (χ2n) is 2.87. The number of para-hydroxylation sites is 1. The molecule has 0 aliphatic carbocycles. The Bertz CT molecular complexity index is 304. The van der Waals surface area contributed by atoms with E-state index in [-0.39, 0.29) is 6.10 Å². The highest BCUT2D eigenvalue weighted by Crippen LogP contribution is 2.29. The maximum Gasteiger partial charge on any atom is 0.369 e. The zero-order valence-corrected chi connectivity index (χ0v) is 8.35. The summed E-state index contributed by atoms with van der Waals surface area (Å²) in [6.45, 7) is 0.619. The molecule has 14 heavy (non-hydrogen) atoms. The second-order valence-corrected chi connectivity index (χ2v) is 3.83. The van der Waals surface area contributed by atoms with E-state index in [9.17, 15) is 4.57 Å². The summed E-state index contributed by atoms with van der Waals surface area (Å²) >= 11 is 0. The molecular formula is C9H10O4P. The third-order valence-electron chi connectivity index (χ3n) is 1.78. The first-order chi connectivity index (χ1) is 6.84. The molecule has 5 heteroatoms. The molecule has 75 valence electrons. The van der Waals surface area contributed by atoms with Gasteiger partial charge in [0.05, 0.1) is 0 Å². The minimum atomic E-state index is -1.92. The van der Waals surface area contributed by atoms with Crippen molar-refractivity contribution in [2.24, 2.45) is 0 Å². The molecule has 1 aliphatic rings. The predicted molar refractivity (Wildman–Crippen MR) is 50.4 cm³/mol. The third kappa shape index (κ3) is 2.51. The van der Waals surface area contributed by atoms with Gasteiger partial charge in [-0.3, -0.25) is 9.05 Å². The smallest absolute Gasteiger partial charge is 0.369 e. The largest absolute Gasteiger partial charge is 0.486 e. The van der Waals surface area contributed by atoms with Gasteiger partial charge in [0, 0.05) is 0 Å². The minimum absolute atomic E-state index is 0.176. The van der Waals surface area contributed by atoms with Crippen molar-refractivity contribution in [2.45, 2.75) is 6.10 Å². The fourth-order valence-electron chi connectivity index (χ4n) is 1.13. The van der Waals surface area contributed by atoms with Crippen molar-refractivity contribution in [3.05, 3.63) is 30.3 Å². The zero-order chi connectivity index (χ0) is 9.80. The molecule has 0 unspecified atom stereocenters. The molecule has 0 atom stereocenters. The molecule has 0 spiro atoms. The van der Waals surface area contributed by atoms with Gasteiger partial charge in [-0.15, -0.1) is 0 Å². The number of hydrogen-bond acceptors (Lipinski definition) is 4. The molecule has 4 nitrogen and oxygen atoms in total. The van der Waals surface area contributed by atoms with Crippen molar-refractivity contribution in [2.75, 3.05) is 13.2 Å². The Labute approximate surface area is 82.7 Å². The van der Waals surface area contributed by atoms with Crippen molar-refractivity contribution in [1.82, 2.24) is 0 Å². The van der Waals surface area contributed by atoms with E-state index in [0.717, 1.165) is 5.75 Å². The van der Waals surface area contributed by atoms with E-state index in [4.69, 9.17) is 13.8 Å². The van der Waals surface area contributed by atoms with Gasteiger partial charge in [-0.25, -0.2) is 4.57 Å². The Hall–Kier alpha value is -0.960. The summed E-state index contributed by atoms with van der Waals surface area (Å²) in [4.78, 5) is 0. The molecule has 0 aromatic heterocycles. The first kappa shape index (κ1) is 9.59. The Morgan fingerprint density at radius 2 is 1.86 bits per heavy atom. The standard InChI is InChI=1S/C9H10O4P/c10-14-11-6-9(7-12-14)13-8-4-2-1-3-5-8/h1-5,9H,6-7H2. The number of ether oxygens (including phenoxy) is 1. The van der Waals surface area contributed by atoms with E-state index < -0.39 is 8.25 Å². The Balaban J connectivity index is 1.89. The average Bonchev–Trinajstić information content (AvgIpc) is 2.23. The van der Waals surface area contributed by atoms with E-state index in [1.165, 1.54) is 0 Å². The third-order valence-corrected chi connectivity index (χ3v) is 2.50. The van der Waals surface area contributed by atoms with E-state index in [1.54, 1.807) is 0 Å². The van der Waals surface area contributed by atoms with Gasteiger partial charge < -0.3 is 4.74 Å². The molecule has 1 aromatic carbocycles. The molecule has 1 fully saturated rings. The van der Waals surface area contributed by atoms with Crippen LogP contribution in [0.2, 0.25) is 0 Å². The van der Waals surface area contributed by atoms with Crippen LogP contribution in [0.5, 0.6) is 5.75 Å². The summed E-state index contributed by atoms with van der Waals surface area (Å²) in [6.07, 6.45) is -0.176. The monoisotopic (exact) mass is 213 g/mol. The van der Waals surface area contributed by atoms with Crippen LogP contribution in [0.3, 0.4) is 0 Å². The molecule has 1 saturated heterocycles. The zero-order valence-electron chi connectivity index (χ0n) is 7.46. The molecule has 0 amide bonds. The van der Waals surface area contributed by atoms with Crippen molar-refractivity contribution in [3.63, 3.8) is 0 Å². The SMILES string of the molecule is O=[P]1OCC(Oc2ccccc2)CO1. The number of rotatable bonds is 2. The van der Waals surface area contributed by atoms with Gasteiger partial charge in [0.25, 0.3) is 0 Å². The summed E-state index contributed by atoms with van der Waals surface area (Å²) in [5.74, 6) is 0.766. The van der Waals surface area contributed by atoms with E-state index in [2.05, 4.69) is 0 Å². The Morgan fingerprint density at radius 3 is 2.50 bits per heavy atom. The lowest BCUT2D eigenvalue weighted by Crippen LogP contribution is -2.29. The number of hydrogen-bond donors (Lipinski definition) is 0. The second kappa shape index (κ2) is 4.51. The quantitative estimate of drug-likeness (QED) is 0.706. The van der Waals surface area contributed by atoms with Gasteiger partial charge in [0.15, 0.2) is 0 Å². The van der Waals surface area contributed by atoms with Crippen LogP contribution in [0, 0.1) is 0 Å². The lowest BCUT2D eigenvalue weighted by molar-refractivity contribution is 0.0398. The first-order valence-corrected chi connectivity index (χ1v) is 5.39. The van der Waals surface area contributed by atoms with Crippen LogP contribution >= 0.6 is 8.25 Å². The van der Waals surface area contributed by atoms with Crippen molar-refractivity contribution in [3.8, 4) is 5.75 Å². The maximum absolute atomic E-state index is 10.7. The van der Waals surface area contributed by atoms with Crippen LogP contribution in [-0.2, 0) is 13.6 Å². The Morgan fingerprint density at radius 1 is 1.21 bits per heavy atom. The van der Waals surface area contributed by atoms with Gasteiger partial charge in [0.2, 0.25) is 0 Å². The van der Waals surface area contributed by atoms with Gasteiger partial charge in [0.1, 0.15) is 25.1 Å². The lowest BCUT2D eigenvalue weighted by atomic mass is 10.3. The topological polar surface area (TPSA) is 44.8 Å². The predicted octanol–water partition coefficient (Wildman–Crippen LogP) is 2.14. The molecule has 0 N–H and O–H groups in total. The van der Waals surface area contributed by atoms with Gasteiger partial charge in [-0.2, -0.15) is 0 Å². The summed E-state index contributed by atoms with van der Waals surface area (Å²) in [5, 5.41) is 0. The molecule has 2 rings (SSSR count). The minimum Gasteiger partial charge on any atom is -0.486 e. The fourth-order valence-corrected chi connectivity index (χ4v) is 1.78. The van der Waals surface area contributed by atoms with E-state index in [1.807, 2.05) is 30.3 Å². The summed E-state index contributed by atoms with van der Waals surface area (Å²) in [7, 11) is -1.92. The van der Waals surface area contributed by atoms with Crippen LogP contribution in [0.1, 0.15) is 0 Å². The highest BCUT2D eigenvalue weighted by Gasteiger charge is 2.21. The molecule has 1 radical (unpaired) electrons. The van der Waals surface area contributed by atoms with Crippen molar-refractivity contribution in [1.29, 1.82) is 0 Å². The van der Waals surface area contributed by atoms with E-state index in [0.29, 0.717) is 13.2 Å². The van der Waals surface area contributed by atoms with Crippen LogP contribution in [-0.4, -0.2) is 19.3 Å². The van der Waals surface area contributed by atoms with Crippen LogP contribution in [0.25, 0.3) is 0 Å². The average molecular weight is 213 g/mol. The van der Waals surface area contributed by atoms with Gasteiger partial charge in [-0.1, -0.05) is 18.2 Å². The molecule has 0 bridgehead atoms. The van der Waals surface area contributed by atoms with E-state index >= 15 is 0 Å². The Kier molecular flexibility index (Phi) is 3.09. The van der Waals surface area contributed by atoms with Crippen LogP contribution in [0.15, 0.2) is 30.3 Å². The molecule has 1 heterocycles. The van der Waals surface area contributed by atoms with Gasteiger partial charge in [-0.05, 0) is 12.1 Å². The van der Waals surface area contributed by atoms with Crippen molar-refractivity contribution >= 4 is 8.25 Å². The fraction of sp³-hybridized carbons (Fsp3) is 0.333. The lowest BCUT2D eigenvalue weighted by Gasteiger charge is -2.21. The summed E-state index contributed by atoms with van der Waals surface area (Å²) < 4.78 is 25.9. The summed E-state index contributed by atoms with van der Waals surface area (Å²) in [6, 6.07) is 9.40. The van der Waals surface area contributed by atoms with Crippen molar-refractivity contribution < 1.29 is 18.3 Å². The highest BCUT2D eigenvalue weighted by atomic mass is 31.1. The van der Waals surface area contributed by atoms with Crippen LogP contribution in [0.4, 0.5) is 0 Å². The molecule has 1 aliphatic heterocycles. The first-order valence-electron chi connectivity index (χ1n) is 4.29. The van der Waals surface area contributed by atoms with Crippen LogP contribution < -0.4 is 4.74 Å². The summed E-state index contributed by atoms with van der Waals surface area (Å²) in [5.41, 5.74) is 0. The van der Waals surface area contributed by atoms with Gasteiger partial charge >= 0.3 is 8.25 Å². The molecule has 0 saturated carbocycles. The normalized spacial score (nSPS) is 24.6. The highest BCUT2D eigenvalue weighted by molar-refractivity contribution is 7.33.